The summed E-state index contributed by atoms with van der Waals surface area (Å²) in [5.74, 6) is 0. The average Bonchev–Trinajstić information content (AvgIpc) is 2.74. The van der Waals surface area contributed by atoms with Crippen LogP contribution in [0.1, 0.15) is 0 Å². The Balaban J connectivity index is 1.50. The number of anilines is 2. The minimum Gasteiger partial charge on any atom is -0.316 e. The first-order chi connectivity index (χ1) is 12.9. The Morgan fingerprint density at radius 1 is 0.654 bits per heavy atom. The van der Waals surface area contributed by atoms with Crippen molar-refractivity contribution in [2.24, 2.45) is 9.98 Å². The molecule has 0 N–H and O–H groups in total. The molecule has 0 radical (unpaired) electrons. The van der Waals surface area contributed by atoms with Crippen LogP contribution in [0.5, 0.6) is 0 Å². The lowest BCUT2D eigenvalue weighted by Crippen LogP contribution is -2.32. The topological polar surface area (TPSA) is 57.0 Å². The lowest BCUT2D eigenvalue weighted by molar-refractivity contribution is 1.11. The molecule has 0 atom stereocenters. The van der Waals surface area contributed by atoms with Crippen molar-refractivity contribution < 1.29 is 0 Å². The Morgan fingerprint density at radius 3 is 1.50 bits per heavy atom. The lowest BCUT2D eigenvalue weighted by atomic mass is 10.3. The van der Waals surface area contributed by atoms with Crippen LogP contribution in [0.15, 0.2) is 83.6 Å². The molecule has 2 aliphatic rings. The van der Waals surface area contributed by atoms with Crippen LogP contribution >= 0.6 is 21.6 Å². The van der Waals surface area contributed by atoms with Crippen molar-refractivity contribution in [3.8, 4) is 0 Å². The van der Waals surface area contributed by atoms with E-state index in [0.717, 1.165) is 34.8 Å². The van der Waals surface area contributed by atoms with Crippen molar-refractivity contribution in [3.63, 3.8) is 0 Å². The SMILES string of the molecule is C1=CN=C(SSC2=NC=CCN2c2ccncc2)N(c2ccncc2)C1. The molecule has 4 rings (SSSR count). The fraction of sp³-hybridized carbons (Fsp3) is 0.111. The van der Waals surface area contributed by atoms with Gasteiger partial charge in [0, 0.05) is 61.7 Å². The van der Waals surface area contributed by atoms with E-state index in [4.69, 9.17) is 0 Å². The Hall–Kier alpha value is -2.58. The zero-order valence-corrected chi connectivity index (χ0v) is 15.5. The molecule has 6 nitrogen and oxygen atoms in total. The number of aliphatic imine (C=N–C) groups is 2. The minimum atomic E-state index is 0.789. The van der Waals surface area contributed by atoms with Crippen LogP contribution in [-0.2, 0) is 0 Å². The molecule has 2 aromatic rings. The van der Waals surface area contributed by atoms with Crippen LogP contribution in [0, 0.1) is 0 Å². The summed E-state index contributed by atoms with van der Waals surface area (Å²) in [6, 6.07) is 7.96. The molecule has 0 saturated heterocycles. The van der Waals surface area contributed by atoms with Gasteiger partial charge in [-0.3, -0.25) is 9.97 Å². The number of nitrogens with zero attached hydrogens (tertiary/aromatic N) is 6. The smallest absolute Gasteiger partial charge is 0.179 e. The molecule has 0 unspecified atom stereocenters. The van der Waals surface area contributed by atoms with E-state index >= 15 is 0 Å². The van der Waals surface area contributed by atoms with E-state index in [1.54, 1.807) is 46.4 Å². The molecule has 8 heteroatoms. The van der Waals surface area contributed by atoms with Crippen LogP contribution in [0.3, 0.4) is 0 Å². The van der Waals surface area contributed by atoms with Gasteiger partial charge in [0.05, 0.1) is 0 Å². The van der Waals surface area contributed by atoms with E-state index in [-0.39, 0.29) is 0 Å². The third kappa shape index (κ3) is 3.81. The molecule has 0 fully saturated rings. The van der Waals surface area contributed by atoms with E-state index in [0.29, 0.717) is 0 Å². The fourth-order valence-corrected chi connectivity index (χ4v) is 4.66. The zero-order chi connectivity index (χ0) is 17.6. The van der Waals surface area contributed by atoms with E-state index in [9.17, 15) is 0 Å². The Morgan fingerprint density at radius 2 is 1.08 bits per heavy atom. The maximum Gasteiger partial charge on any atom is 0.179 e. The predicted molar refractivity (Wildman–Crippen MR) is 111 cm³/mol. The fourth-order valence-electron chi connectivity index (χ4n) is 2.52. The van der Waals surface area contributed by atoms with Crippen LogP contribution in [0.2, 0.25) is 0 Å². The molecule has 0 amide bonds. The van der Waals surface area contributed by atoms with Crippen molar-refractivity contribution in [1.29, 1.82) is 0 Å². The van der Waals surface area contributed by atoms with Gasteiger partial charge >= 0.3 is 0 Å². The summed E-state index contributed by atoms with van der Waals surface area (Å²) in [6.07, 6.45) is 15.0. The predicted octanol–water partition coefficient (Wildman–Crippen LogP) is 3.94. The Kier molecular flexibility index (Phi) is 5.32. The van der Waals surface area contributed by atoms with Gasteiger partial charge in [-0.1, -0.05) is 0 Å². The summed E-state index contributed by atoms with van der Waals surface area (Å²) >= 11 is 0. The monoisotopic (exact) mass is 380 g/mol. The third-order valence-corrected chi connectivity index (χ3v) is 5.94. The highest BCUT2D eigenvalue weighted by Crippen LogP contribution is 2.33. The second-order valence-electron chi connectivity index (χ2n) is 5.39. The highest BCUT2D eigenvalue weighted by molar-refractivity contribution is 8.87. The van der Waals surface area contributed by atoms with E-state index in [1.165, 1.54) is 0 Å². The van der Waals surface area contributed by atoms with Gasteiger partial charge in [-0.25, -0.2) is 9.98 Å². The summed E-state index contributed by atoms with van der Waals surface area (Å²) < 4.78 is 0. The van der Waals surface area contributed by atoms with Crippen molar-refractivity contribution in [2.45, 2.75) is 0 Å². The van der Waals surface area contributed by atoms with Gasteiger partial charge in [0.25, 0.3) is 0 Å². The molecule has 0 spiro atoms. The first-order valence-electron chi connectivity index (χ1n) is 8.07. The molecule has 2 aliphatic heterocycles. The van der Waals surface area contributed by atoms with E-state index in [2.05, 4.69) is 29.8 Å². The number of hydrogen-bond acceptors (Lipinski definition) is 8. The van der Waals surface area contributed by atoms with E-state index in [1.807, 2.05) is 48.8 Å². The Bertz CT molecular complexity index is 790. The molecular weight excluding hydrogens is 364 g/mol. The Labute approximate surface area is 159 Å². The number of rotatable bonds is 2. The summed E-state index contributed by atoms with van der Waals surface area (Å²) in [7, 11) is 3.21. The third-order valence-electron chi connectivity index (χ3n) is 3.76. The largest absolute Gasteiger partial charge is 0.316 e. The van der Waals surface area contributed by atoms with Crippen LogP contribution in [-0.4, -0.2) is 33.4 Å². The number of hydrogen-bond donors (Lipinski definition) is 0. The summed E-state index contributed by atoms with van der Waals surface area (Å²) in [4.78, 5) is 21.6. The average molecular weight is 381 g/mol. The standard InChI is InChI=1S/C18H16N6S2/c1-7-21-17(23(13-1)15-3-9-19-10-4-15)25-26-18-22-8-2-14-24(18)16-5-11-20-12-6-16/h1-12H,13-14H2. The van der Waals surface area contributed by atoms with Crippen LogP contribution < -0.4 is 9.80 Å². The van der Waals surface area contributed by atoms with Crippen molar-refractivity contribution in [1.82, 2.24) is 9.97 Å². The lowest BCUT2D eigenvalue weighted by Gasteiger charge is -2.28. The normalized spacial score (nSPS) is 16.5. The number of amidine groups is 2. The highest BCUT2D eigenvalue weighted by Gasteiger charge is 2.20. The minimum absolute atomic E-state index is 0.789. The molecule has 26 heavy (non-hydrogen) atoms. The van der Waals surface area contributed by atoms with Gasteiger partial charge in [0.2, 0.25) is 0 Å². The van der Waals surface area contributed by atoms with Crippen molar-refractivity contribution in [2.75, 3.05) is 22.9 Å². The van der Waals surface area contributed by atoms with Crippen LogP contribution in [0.4, 0.5) is 11.4 Å². The highest BCUT2D eigenvalue weighted by atomic mass is 33.1. The van der Waals surface area contributed by atoms with Crippen LogP contribution in [0.25, 0.3) is 0 Å². The second kappa shape index (κ2) is 8.20. The maximum atomic E-state index is 4.55. The molecule has 0 saturated carbocycles. The van der Waals surface area contributed by atoms with Gasteiger partial charge in [-0.05, 0) is 58.0 Å². The van der Waals surface area contributed by atoms with Crippen molar-refractivity contribution in [3.05, 3.63) is 73.6 Å². The van der Waals surface area contributed by atoms with Gasteiger partial charge in [-0.15, -0.1) is 0 Å². The molecule has 4 heterocycles. The van der Waals surface area contributed by atoms with Gasteiger partial charge in [0.15, 0.2) is 10.3 Å². The second-order valence-corrected chi connectivity index (χ2v) is 7.46. The van der Waals surface area contributed by atoms with Gasteiger partial charge < -0.3 is 9.80 Å². The molecule has 2 aromatic heterocycles. The number of aromatic nitrogens is 2. The zero-order valence-electron chi connectivity index (χ0n) is 13.8. The molecule has 0 aliphatic carbocycles. The van der Waals surface area contributed by atoms with Crippen molar-refractivity contribution >= 4 is 43.3 Å². The molecule has 0 bridgehead atoms. The molecular formula is C18H16N6S2. The quantitative estimate of drug-likeness (QED) is 0.736. The first kappa shape index (κ1) is 16.9. The first-order valence-corrected chi connectivity index (χ1v) is 10.2. The van der Waals surface area contributed by atoms with E-state index < -0.39 is 0 Å². The number of pyridine rings is 2. The molecule has 0 aromatic carbocycles. The van der Waals surface area contributed by atoms with Gasteiger partial charge in [0.1, 0.15) is 0 Å². The van der Waals surface area contributed by atoms with Gasteiger partial charge in [-0.2, -0.15) is 0 Å². The maximum absolute atomic E-state index is 4.55. The summed E-state index contributed by atoms with van der Waals surface area (Å²) in [5, 5.41) is 1.85. The summed E-state index contributed by atoms with van der Waals surface area (Å²) in [6.45, 7) is 1.58. The molecule has 130 valence electrons. The summed E-state index contributed by atoms with van der Waals surface area (Å²) in [5.41, 5.74) is 2.15.